The molecule has 0 unspecified atom stereocenters. The molecule has 0 saturated heterocycles. The highest BCUT2D eigenvalue weighted by Gasteiger charge is 2.09. The number of hydrogen-bond donors (Lipinski definition) is 5. The molecule has 7 heteroatoms. The lowest BCUT2D eigenvalue weighted by Gasteiger charge is -2.12. The molecule has 0 heterocycles. The number of nitrogens with one attached hydrogen (secondary N) is 4. The Morgan fingerprint density at radius 2 is 1.07 bits per heavy atom. The average Bonchev–Trinajstić information content (AvgIpc) is 2.66. The van der Waals surface area contributed by atoms with Gasteiger partial charge in [0.15, 0.2) is 0 Å². The van der Waals surface area contributed by atoms with E-state index in [-0.39, 0.29) is 11.4 Å². The molecule has 0 aliphatic rings. The van der Waals surface area contributed by atoms with E-state index in [1.807, 2.05) is 24.3 Å². The van der Waals surface area contributed by atoms with Crippen LogP contribution in [0.1, 0.15) is 0 Å². The maximum atomic E-state index is 12.1. The van der Waals surface area contributed by atoms with Gasteiger partial charge in [-0.1, -0.05) is 36.4 Å². The van der Waals surface area contributed by atoms with Gasteiger partial charge in [-0.2, -0.15) is 0 Å². The lowest BCUT2D eigenvalue weighted by Crippen LogP contribution is -2.21. The third kappa shape index (κ3) is 5.23. The van der Waals surface area contributed by atoms with Gasteiger partial charge in [-0.25, -0.2) is 9.59 Å². The van der Waals surface area contributed by atoms with Gasteiger partial charge in [0.2, 0.25) is 0 Å². The van der Waals surface area contributed by atoms with Crippen LogP contribution in [0.15, 0.2) is 78.9 Å². The van der Waals surface area contributed by atoms with Crippen molar-refractivity contribution in [2.45, 2.75) is 0 Å². The summed E-state index contributed by atoms with van der Waals surface area (Å²) in [5.41, 5.74) is 1.84. The SMILES string of the molecule is O=C(Nc1ccccc1)Nc1ccc(O)c(NC(=O)Nc2ccccc2)c1. The van der Waals surface area contributed by atoms with E-state index in [1.165, 1.54) is 18.2 Å². The number of carbonyl (C=O) groups is 2. The van der Waals surface area contributed by atoms with Crippen LogP contribution in [-0.2, 0) is 0 Å². The summed E-state index contributed by atoms with van der Waals surface area (Å²) < 4.78 is 0. The highest BCUT2D eigenvalue weighted by Crippen LogP contribution is 2.27. The van der Waals surface area contributed by atoms with Crippen LogP contribution >= 0.6 is 0 Å². The predicted octanol–water partition coefficient (Wildman–Crippen LogP) is 4.68. The van der Waals surface area contributed by atoms with Gasteiger partial charge < -0.3 is 26.4 Å². The quantitative estimate of drug-likeness (QED) is 0.344. The van der Waals surface area contributed by atoms with E-state index in [2.05, 4.69) is 21.3 Å². The van der Waals surface area contributed by atoms with Crippen molar-refractivity contribution in [2.75, 3.05) is 21.3 Å². The molecule has 0 fully saturated rings. The molecule has 0 aliphatic carbocycles. The van der Waals surface area contributed by atoms with Gasteiger partial charge in [0.25, 0.3) is 0 Å². The van der Waals surface area contributed by atoms with Crippen LogP contribution in [0.5, 0.6) is 5.75 Å². The number of para-hydroxylation sites is 2. The predicted molar refractivity (Wildman–Crippen MR) is 106 cm³/mol. The minimum absolute atomic E-state index is 0.118. The first kappa shape index (κ1) is 17.8. The summed E-state index contributed by atoms with van der Waals surface area (Å²) in [7, 11) is 0. The number of benzene rings is 3. The number of phenols is 1. The molecule has 0 spiro atoms. The second kappa shape index (κ2) is 8.39. The van der Waals surface area contributed by atoms with Crippen molar-refractivity contribution in [1.29, 1.82) is 0 Å². The largest absolute Gasteiger partial charge is 0.506 e. The fourth-order valence-corrected chi connectivity index (χ4v) is 2.33. The van der Waals surface area contributed by atoms with E-state index < -0.39 is 12.1 Å². The molecule has 136 valence electrons. The van der Waals surface area contributed by atoms with E-state index in [1.54, 1.807) is 36.4 Å². The fourth-order valence-electron chi connectivity index (χ4n) is 2.33. The summed E-state index contributed by atoms with van der Waals surface area (Å²) in [6, 6.07) is 21.3. The molecule has 5 N–H and O–H groups in total. The Morgan fingerprint density at radius 1 is 0.593 bits per heavy atom. The standard InChI is InChI=1S/C20H18N4O3/c25-18-12-11-16(23-19(26)21-14-7-3-1-4-8-14)13-17(18)24-20(27)22-15-9-5-2-6-10-15/h1-13,25H,(H2,21,23,26)(H2,22,24,27). The zero-order valence-electron chi connectivity index (χ0n) is 14.3. The Labute approximate surface area is 156 Å². The van der Waals surface area contributed by atoms with Crippen molar-refractivity contribution in [3.63, 3.8) is 0 Å². The zero-order chi connectivity index (χ0) is 19.1. The van der Waals surface area contributed by atoms with Gasteiger partial charge in [-0.15, -0.1) is 0 Å². The van der Waals surface area contributed by atoms with Crippen molar-refractivity contribution in [2.24, 2.45) is 0 Å². The number of amides is 4. The Kier molecular flexibility index (Phi) is 5.54. The number of rotatable bonds is 4. The molecular formula is C20H18N4O3. The molecule has 0 aliphatic heterocycles. The van der Waals surface area contributed by atoms with E-state index in [0.717, 1.165) is 0 Å². The Bertz CT molecular complexity index is 930. The summed E-state index contributed by atoms with van der Waals surface area (Å²) in [6.07, 6.45) is 0. The third-order valence-electron chi connectivity index (χ3n) is 3.57. The van der Waals surface area contributed by atoms with Gasteiger partial charge in [0, 0.05) is 17.1 Å². The number of anilines is 4. The molecule has 0 atom stereocenters. The minimum Gasteiger partial charge on any atom is -0.506 e. The second-order valence-corrected chi connectivity index (χ2v) is 5.62. The van der Waals surface area contributed by atoms with Crippen molar-refractivity contribution >= 4 is 34.8 Å². The van der Waals surface area contributed by atoms with E-state index in [9.17, 15) is 14.7 Å². The average molecular weight is 362 g/mol. The number of urea groups is 2. The third-order valence-corrected chi connectivity index (χ3v) is 3.57. The number of carbonyl (C=O) groups excluding carboxylic acids is 2. The molecular weight excluding hydrogens is 344 g/mol. The summed E-state index contributed by atoms with van der Waals surface area (Å²) in [6.45, 7) is 0. The molecule has 27 heavy (non-hydrogen) atoms. The highest BCUT2D eigenvalue weighted by molar-refractivity contribution is 6.03. The molecule has 7 nitrogen and oxygen atoms in total. The van der Waals surface area contributed by atoms with Crippen molar-refractivity contribution < 1.29 is 14.7 Å². The van der Waals surface area contributed by atoms with Crippen molar-refractivity contribution in [3.05, 3.63) is 78.9 Å². The first-order valence-electron chi connectivity index (χ1n) is 8.19. The topological polar surface area (TPSA) is 102 Å². The molecule has 3 rings (SSSR count). The van der Waals surface area contributed by atoms with Crippen LogP contribution in [0.2, 0.25) is 0 Å². The van der Waals surface area contributed by atoms with Crippen LogP contribution in [-0.4, -0.2) is 17.2 Å². The molecule has 0 saturated carbocycles. The minimum atomic E-state index is -0.512. The van der Waals surface area contributed by atoms with Gasteiger partial charge in [-0.3, -0.25) is 0 Å². The molecule has 3 aromatic rings. The summed E-state index contributed by atoms with van der Waals surface area (Å²) in [5, 5.41) is 20.5. The monoisotopic (exact) mass is 362 g/mol. The molecule has 4 amide bonds. The van der Waals surface area contributed by atoms with Crippen LogP contribution in [0.3, 0.4) is 0 Å². The number of aromatic hydroxyl groups is 1. The Morgan fingerprint density at radius 3 is 1.63 bits per heavy atom. The molecule has 0 radical (unpaired) electrons. The van der Waals surface area contributed by atoms with E-state index in [0.29, 0.717) is 17.1 Å². The highest BCUT2D eigenvalue weighted by atomic mass is 16.3. The van der Waals surface area contributed by atoms with Crippen LogP contribution in [0.4, 0.5) is 32.3 Å². The lowest BCUT2D eigenvalue weighted by molar-refractivity contribution is 0.261. The van der Waals surface area contributed by atoms with Crippen LogP contribution in [0, 0.1) is 0 Å². The van der Waals surface area contributed by atoms with Crippen molar-refractivity contribution in [1.82, 2.24) is 0 Å². The van der Waals surface area contributed by atoms with Gasteiger partial charge in [0.05, 0.1) is 5.69 Å². The number of hydrogen-bond acceptors (Lipinski definition) is 3. The fraction of sp³-hybridized carbons (Fsp3) is 0. The summed E-state index contributed by atoms with van der Waals surface area (Å²) >= 11 is 0. The molecule has 3 aromatic carbocycles. The smallest absolute Gasteiger partial charge is 0.323 e. The van der Waals surface area contributed by atoms with Gasteiger partial charge in [0.1, 0.15) is 5.75 Å². The second-order valence-electron chi connectivity index (χ2n) is 5.62. The van der Waals surface area contributed by atoms with E-state index in [4.69, 9.17) is 0 Å². The zero-order valence-corrected chi connectivity index (χ0v) is 14.3. The first-order chi connectivity index (χ1) is 13.1. The van der Waals surface area contributed by atoms with Gasteiger partial charge in [-0.05, 0) is 42.5 Å². The first-order valence-corrected chi connectivity index (χ1v) is 8.19. The molecule has 0 bridgehead atoms. The maximum Gasteiger partial charge on any atom is 0.323 e. The Hall–Kier alpha value is -4.00. The van der Waals surface area contributed by atoms with E-state index >= 15 is 0 Å². The normalized spacial score (nSPS) is 9.93. The number of phenolic OH excluding ortho intramolecular Hbond substituents is 1. The van der Waals surface area contributed by atoms with Crippen molar-refractivity contribution in [3.8, 4) is 5.75 Å². The summed E-state index contributed by atoms with van der Waals surface area (Å²) in [4.78, 5) is 24.1. The van der Waals surface area contributed by atoms with Crippen LogP contribution < -0.4 is 21.3 Å². The summed E-state index contributed by atoms with van der Waals surface area (Å²) in [5.74, 6) is -0.118. The van der Waals surface area contributed by atoms with Crippen LogP contribution in [0.25, 0.3) is 0 Å². The molecule has 0 aromatic heterocycles. The van der Waals surface area contributed by atoms with Gasteiger partial charge >= 0.3 is 12.1 Å². The lowest BCUT2D eigenvalue weighted by atomic mass is 10.2. The maximum absolute atomic E-state index is 12.1. The Balaban J connectivity index is 1.63.